The number of anilines is 1. The van der Waals surface area contributed by atoms with Gasteiger partial charge in [-0.15, -0.1) is 5.10 Å². The number of pyridine rings is 1. The molecule has 17 nitrogen and oxygen atoms in total. The van der Waals surface area contributed by atoms with E-state index in [1.165, 1.54) is 12.3 Å². The second kappa shape index (κ2) is 16.8. The molecule has 0 spiro atoms. The van der Waals surface area contributed by atoms with Gasteiger partial charge in [0.15, 0.2) is 0 Å². The standard InChI is InChI=1S/C33H38F5N7O10/c1-15(47)40-26-23(48)11-32(30(51)52,55-28(26)27(50)24(49)14-46)54-25-7-6-16(10-18(25)29(34)35)45-13-22(43-44-45)17-4-2-3-5-20(17)41-31(53)42-21-12-39-9-8-19(21)33(36,37)38/h6-10,12-13,17,20,23-24,26-29,46,48-50H,2-5,11,14H2,1H3,(H,40,47)(H,51,52)(H2,41,42,53)/t17?,20?,23-,24+,26+,27+,28+,32+/m0/s1. The molecule has 1 saturated carbocycles. The van der Waals surface area contributed by atoms with Crippen molar-refractivity contribution in [2.75, 3.05) is 11.9 Å². The average Bonchev–Trinajstić information content (AvgIpc) is 3.62. The van der Waals surface area contributed by atoms with Crippen LogP contribution in [0.15, 0.2) is 42.9 Å². The number of alkyl halides is 5. The van der Waals surface area contributed by atoms with Crippen molar-refractivity contribution in [3.8, 4) is 11.4 Å². The van der Waals surface area contributed by atoms with E-state index in [0.717, 1.165) is 42.2 Å². The normalized spacial score (nSPS) is 25.5. The molecular weight excluding hydrogens is 749 g/mol. The van der Waals surface area contributed by atoms with Crippen LogP contribution in [0.25, 0.3) is 5.69 Å². The van der Waals surface area contributed by atoms with Crippen LogP contribution >= 0.6 is 0 Å². The highest BCUT2D eigenvalue weighted by atomic mass is 19.4. The number of nitrogens with one attached hydrogen (secondary N) is 3. The molecular formula is C33H38F5N7O10. The van der Waals surface area contributed by atoms with Gasteiger partial charge >= 0.3 is 24.0 Å². The number of hydrogen-bond donors (Lipinski definition) is 8. The molecule has 1 aliphatic carbocycles. The quantitative estimate of drug-likeness (QED) is 0.123. The zero-order valence-electron chi connectivity index (χ0n) is 28.9. The third kappa shape index (κ3) is 9.27. The van der Waals surface area contributed by atoms with Gasteiger partial charge in [-0.05, 0) is 37.1 Å². The molecule has 2 aliphatic rings. The van der Waals surface area contributed by atoms with Crippen LogP contribution in [0.5, 0.6) is 5.75 Å². The highest BCUT2D eigenvalue weighted by Gasteiger charge is 2.57. The summed E-state index contributed by atoms with van der Waals surface area (Å²) in [5.41, 5.74) is -2.14. The number of halogens is 5. The summed E-state index contributed by atoms with van der Waals surface area (Å²) in [5.74, 6) is -6.78. The maximum Gasteiger partial charge on any atom is 0.418 e. The lowest BCUT2D eigenvalue weighted by Crippen LogP contribution is -2.68. The molecule has 300 valence electrons. The molecule has 5 rings (SSSR count). The lowest BCUT2D eigenvalue weighted by atomic mass is 9.82. The number of aliphatic hydroxyl groups excluding tert-OH is 4. The fourth-order valence-electron chi connectivity index (χ4n) is 6.65. The molecule has 3 aromatic rings. The van der Waals surface area contributed by atoms with Gasteiger partial charge in [0.1, 0.15) is 24.1 Å². The second-order valence-electron chi connectivity index (χ2n) is 13.1. The molecule has 8 N–H and O–H groups in total. The fourth-order valence-corrected chi connectivity index (χ4v) is 6.65. The van der Waals surface area contributed by atoms with Crippen LogP contribution in [0.1, 0.15) is 68.2 Å². The Bertz CT molecular complexity index is 1850. The van der Waals surface area contributed by atoms with Crippen molar-refractivity contribution in [3.63, 3.8) is 0 Å². The number of hydrogen-bond acceptors (Lipinski definition) is 12. The third-order valence-electron chi connectivity index (χ3n) is 9.30. The number of amides is 3. The van der Waals surface area contributed by atoms with E-state index in [1.54, 1.807) is 0 Å². The van der Waals surface area contributed by atoms with Crippen molar-refractivity contribution in [2.45, 2.75) is 99.8 Å². The Morgan fingerprint density at radius 3 is 2.51 bits per heavy atom. The molecule has 2 aromatic heterocycles. The molecule has 3 heterocycles. The first-order valence-corrected chi connectivity index (χ1v) is 16.9. The summed E-state index contributed by atoms with van der Waals surface area (Å²) in [6, 6.07) is 0.838. The smallest absolute Gasteiger partial charge is 0.418 e. The fraction of sp³-hybridized carbons (Fsp3) is 0.515. The van der Waals surface area contributed by atoms with E-state index in [2.05, 4.69) is 31.2 Å². The molecule has 55 heavy (non-hydrogen) atoms. The SMILES string of the molecule is CC(=O)N[C@H]1[C@H]([C@H](O)[C@H](O)CO)O[C@@](Oc2ccc(-n3cc(C4CCCCC4NC(=O)Nc4cnccc4C(F)(F)F)nn3)cc2C(F)F)(C(=O)O)C[C@@H]1O. The van der Waals surface area contributed by atoms with E-state index in [4.69, 9.17) is 9.47 Å². The van der Waals surface area contributed by atoms with Crippen LogP contribution < -0.4 is 20.7 Å². The number of carbonyl (C=O) groups is 3. The predicted molar refractivity (Wildman–Crippen MR) is 176 cm³/mol. The first kappa shape index (κ1) is 41.1. The van der Waals surface area contributed by atoms with Crippen molar-refractivity contribution in [3.05, 3.63) is 59.7 Å². The lowest BCUT2D eigenvalue weighted by Gasteiger charge is -2.46. The van der Waals surface area contributed by atoms with E-state index in [9.17, 15) is 61.9 Å². The highest BCUT2D eigenvalue weighted by molar-refractivity contribution is 5.90. The van der Waals surface area contributed by atoms with Crippen LogP contribution in [0.3, 0.4) is 0 Å². The first-order chi connectivity index (χ1) is 25.9. The molecule has 2 fully saturated rings. The zero-order valence-corrected chi connectivity index (χ0v) is 28.9. The number of rotatable bonds is 12. The average molecular weight is 788 g/mol. The summed E-state index contributed by atoms with van der Waals surface area (Å²) in [4.78, 5) is 40.9. The summed E-state index contributed by atoms with van der Waals surface area (Å²) in [6.07, 6.45) is -11.2. The number of carbonyl (C=O) groups excluding carboxylic acids is 2. The van der Waals surface area contributed by atoms with E-state index in [1.807, 2.05) is 0 Å². The highest BCUT2D eigenvalue weighted by Crippen LogP contribution is 2.40. The molecule has 0 radical (unpaired) electrons. The molecule has 1 saturated heterocycles. The third-order valence-corrected chi connectivity index (χ3v) is 9.30. The van der Waals surface area contributed by atoms with Crippen LogP contribution in [0.2, 0.25) is 0 Å². The molecule has 1 aliphatic heterocycles. The van der Waals surface area contributed by atoms with Crippen molar-refractivity contribution in [2.24, 2.45) is 0 Å². The maximum absolute atomic E-state index is 14.5. The predicted octanol–water partition coefficient (Wildman–Crippen LogP) is 1.99. The molecule has 2 unspecified atom stereocenters. The van der Waals surface area contributed by atoms with Crippen molar-refractivity contribution >= 4 is 23.6 Å². The van der Waals surface area contributed by atoms with Gasteiger partial charge < -0.3 is 51.0 Å². The van der Waals surface area contributed by atoms with Crippen LogP contribution in [0.4, 0.5) is 32.4 Å². The largest absolute Gasteiger partial charge is 0.476 e. The topological polar surface area (TPSA) is 251 Å². The molecule has 8 atom stereocenters. The molecule has 22 heteroatoms. The maximum atomic E-state index is 14.5. The van der Waals surface area contributed by atoms with E-state index in [0.29, 0.717) is 31.4 Å². The van der Waals surface area contributed by atoms with Gasteiger partial charge in [-0.25, -0.2) is 23.1 Å². The van der Waals surface area contributed by atoms with Crippen LogP contribution in [0, 0.1) is 0 Å². The van der Waals surface area contributed by atoms with E-state index < -0.39 is 114 Å². The van der Waals surface area contributed by atoms with Gasteiger partial charge in [0.2, 0.25) is 5.91 Å². The Balaban J connectivity index is 1.38. The van der Waals surface area contributed by atoms with E-state index >= 15 is 0 Å². The minimum atomic E-state index is -4.74. The number of nitrogens with zero attached hydrogens (tertiary/aromatic N) is 4. The van der Waals surface area contributed by atoms with Crippen molar-refractivity contribution in [1.82, 2.24) is 30.6 Å². The molecule has 1 aromatic carbocycles. The van der Waals surface area contributed by atoms with E-state index in [-0.39, 0.29) is 5.69 Å². The first-order valence-electron chi connectivity index (χ1n) is 16.9. The Morgan fingerprint density at radius 1 is 1.13 bits per heavy atom. The summed E-state index contributed by atoms with van der Waals surface area (Å²) in [7, 11) is 0. The number of aromatic nitrogens is 4. The number of carboxylic acids is 1. The molecule has 3 amide bonds. The minimum Gasteiger partial charge on any atom is -0.476 e. The Labute approximate surface area is 308 Å². The summed E-state index contributed by atoms with van der Waals surface area (Å²) in [5, 5.41) is 66.5. The number of aliphatic hydroxyl groups is 4. The number of benzene rings is 1. The van der Waals surface area contributed by atoms with Crippen LogP contribution in [-0.4, -0.2) is 112 Å². The number of urea groups is 1. The van der Waals surface area contributed by atoms with Gasteiger partial charge in [0.05, 0.1) is 65.8 Å². The molecule has 0 bridgehead atoms. The van der Waals surface area contributed by atoms with Gasteiger partial charge in [-0.1, -0.05) is 18.1 Å². The summed E-state index contributed by atoms with van der Waals surface area (Å²) >= 11 is 0. The van der Waals surface area contributed by atoms with Crippen molar-refractivity contribution in [1.29, 1.82) is 0 Å². The minimum absolute atomic E-state index is 0.00906. The Kier molecular flexibility index (Phi) is 12.5. The van der Waals surface area contributed by atoms with Gasteiger partial charge in [0, 0.05) is 25.1 Å². The number of aliphatic carboxylic acids is 1. The summed E-state index contributed by atoms with van der Waals surface area (Å²) < 4.78 is 81.6. The van der Waals surface area contributed by atoms with Gasteiger partial charge in [-0.2, -0.15) is 13.2 Å². The number of carboxylic acid groups (broad SMARTS) is 1. The number of ether oxygens (including phenoxy) is 2. The van der Waals surface area contributed by atoms with Crippen LogP contribution in [-0.2, 0) is 20.5 Å². The Morgan fingerprint density at radius 2 is 1.85 bits per heavy atom. The summed E-state index contributed by atoms with van der Waals surface area (Å²) in [6.45, 7) is 0.0207. The lowest BCUT2D eigenvalue weighted by molar-refractivity contribution is -0.284. The Hall–Kier alpha value is -5.03. The monoisotopic (exact) mass is 787 g/mol. The van der Waals surface area contributed by atoms with Gasteiger partial charge in [-0.3, -0.25) is 9.78 Å². The van der Waals surface area contributed by atoms with Gasteiger partial charge in [0.25, 0.3) is 6.43 Å². The van der Waals surface area contributed by atoms with Crippen molar-refractivity contribution < 1.29 is 71.3 Å². The zero-order chi connectivity index (χ0) is 40.2. The second-order valence-corrected chi connectivity index (χ2v) is 13.1.